The Bertz CT molecular complexity index is 944. The SMILES string of the molecule is C=CCn1c(=O)nc2n(Cc3ccc(Cl)nc3)cccc-2c1=O. The van der Waals surface area contributed by atoms with Crippen molar-refractivity contribution in [1.29, 1.82) is 0 Å². The van der Waals surface area contributed by atoms with Crippen molar-refractivity contribution in [1.82, 2.24) is 19.1 Å². The van der Waals surface area contributed by atoms with Crippen molar-refractivity contribution >= 4 is 11.6 Å². The minimum Gasteiger partial charge on any atom is -0.328 e. The second-order valence-electron chi connectivity index (χ2n) is 4.96. The second kappa shape index (κ2) is 6.18. The summed E-state index contributed by atoms with van der Waals surface area (Å²) in [6, 6.07) is 6.92. The maximum Gasteiger partial charge on any atom is 0.352 e. The molecule has 116 valence electrons. The number of rotatable bonds is 4. The molecule has 0 fully saturated rings. The summed E-state index contributed by atoms with van der Waals surface area (Å²) >= 11 is 5.77. The number of allylic oxidation sites excluding steroid dienone is 1. The third-order valence-electron chi connectivity index (χ3n) is 3.40. The number of hydrogen-bond donors (Lipinski definition) is 0. The Morgan fingerprint density at radius 2 is 2.09 bits per heavy atom. The van der Waals surface area contributed by atoms with Crippen LogP contribution in [0.1, 0.15) is 5.56 Å². The van der Waals surface area contributed by atoms with Gasteiger partial charge in [0.2, 0.25) is 0 Å². The first-order valence-electron chi connectivity index (χ1n) is 6.91. The van der Waals surface area contributed by atoms with E-state index in [4.69, 9.17) is 11.6 Å². The molecule has 0 unspecified atom stereocenters. The lowest BCUT2D eigenvalue weighted by atomic mass is 10.2. The molecule has 2 aliphatic rings. The summed E-state index contributed by atoms with van der Waals surface area (Å²) in [4.78, 5) is 32.5. The first kappa shape index (κ1) is 15.2. The maximum absolute atomic E-state index is 12.4. The molecule has 0 aliphatic carbocycles. The maximum atomic E-state index is 12.4. The van der Waals surface area contributed by atoms with Gasteiger partial charge in [0.25, 0.3) is 5.56 Å². The highest BCUT2D eigenvalue weighted by molar-refractivity contribution is 6.29. The number of fused-ring (bicyclic) bond motifs is 1. The fourth-order valence-corrected chi connectivity index (χ4v) is 2.44. The first-order chi connectivity index (χ1) is 11.1. The summed E-state index contributed by atoms with van der Waals surface area (Å²) in [6.45, 7) is 4.11. The number of nitrogens with zero attached hydrogens (tertiary/aromatic N) is 4. The lowest BCUT2D eigenvalue weighted by Crippen LogP contribution is -2.37. The highest BCUT2D eigenvalue weighted by Crippen LogP contribution is 2.15. The Morgan fingerprint density at radius 1 is 1.26 bits per heavy atom. The van der Waals surface area contributed by atoms with Crippen LogP contribution >= 0.6 is 11.6 Å². The first-order valence-corrected chi connectivity index (χ1v) is 7.29. The normalized spacial score (nSPS) is 10.8. The van der Waals surface area contributed by atoms with Crippen LogP contribution in [0.2, 0.25) is 5.15 Å². The molecule has 3 rings (SSSR count). The van der Waals surface area contributed by atoms with Gasteiger partial charge in [-0.05, 0) is 23.8 Å². The van der Waals surface area contributed by atoms with Crippen LogP contribution in [0.4, 0.5) is 0 Å². The number of halogens is 1. The van der Waals surface area contributed by atoms with Crippen LogP contribution in [0, 0.1) is 0 Å². The molecule has 6 nitrogen and oxygen atoms in total. The summed E-state index contributed by atoms with van der Waals surface area (Å²) in [5, 5.41) is 0.406. The molecule has 0 spiro atoms. The Morgan fingerprint density at radius 3 is 2.78 bits per heavy atom. The van der Waals surface area contributed by atoms with Gasteiger partial charge >= 0.3 is 5.69 Å². The van der Waals surface area contributed by atoms with Crippen molar-refractivity contribution in [2.45, 2.75) is 13.1 Å². The van der Waals surface area contributed by atoms with Crippen LogP contribution in [-0.2, 0) is 13.1 Å². The van der Waals surface area contributed by atoms with Crippen LogP contribution < -0.4 is 11.2 Å². The van der Waals surface area contributed by atoms with Crippen molar-refractivity contribution < 1.29 is 0 Å². The fourth-order valence-electron chi connectivity index (χ4n) is 2.33. The molecule has 0 bridgehead atoms. The van der Waals surface area contributed by atoms with Crippen LogP contribution in [0.25, 0.3) is 11.4 Å². The molecule has 23 heavy (non-hydrogen) atoms. The molecule has 2 aliphatic heterocycles. The molecular formula is C16H13ClN4O2. The molecule has 0 aromatic carbocycles. The van der Waals surface area contributed by atoms with E-state index in [1.165, 1.54) is 6.08 Å². The molecule has 3 heterocycles. The summed E-state index contributed by atoms with van der Waals surface area (Å²) in [5.74, 6) is 0.345. The lowest BCUT2D eigenvalue weighted by Gasteiger charge is -2.14. The second-order valence-corrected chi connectivity index (χ2v) is 5.35. The van der Waals surface area contributed by atoms with Crippen molar-refractivity contribution in [3.05, 3.63) is 80.9 Å². The number of aromatic nitrogens is 4. The molecule has 0 amide bonds. The Hall–Kier alpha value is -2.73. The standard InChI is InChI=1S/C16H13ClN4O2/c1-2-7-21-15(22)12-4-3-8-20(14(12)19-16(21)23)10-11-5-6-13(17)18-9-11/h2-6,8-9H,1,7,10H2. The average molecular weight is 329 g/mol. The minimum atomic E-state index is -0.586. The molecule has 1 aromatic rings. The van der Waals surface area contributed by atoms with Gasteiger partial charge in [0, 0.05) is 18.9 Å². The van der Waals surface area contributed by atoms with Gasteiger partial charge in [0.05, 0.1) is 12.1 Å². The monoisotopic (exact) mass is 328 g/mol. The summed E-state index contributed by atoms with van der Waals surface area (Å²) in [5.41, 5.74) is 0.312. The Balaban J connectivity index is 2.12. The van der Waals surface area contributed by atoms with Crippen molar-refractivity contribution in [3.8, 4) is 11.4 Å². The molecule has 0 saturated heterocycles. The third kappa shape index (κ3) is 2.93. The van der Waals surface area contributed by atoms with Crippen molar-refractivity contribution in [3.63, 3.8) is 0 Å². The van der Waals surface area contributed by atoms with Gasteiger partial charge < -0.3 is 4.57 Å². The summed E-state index contributed by atoms with van der Waals surface area (Å²) in [7, 11) is 0. The van der Waals surface area contributed by atoms with Crippen LogP contribution in [0.5, 0.6) is 0 Å². The zero-order valence-corrected chi connectivity index (χ0v) is 12.9. The number of pyridine rings is 2. The third-order valence-corrected chi connectivity index (χ3v) is 3.63. The Kier molecular flexibility index (Phi) is 4.08. The molecule has 7 heteroatoms. The van der Waals surface area contributed by atoms with E-state index in [0.717, 1.165) is 10.1 Å². The zero-order valence-electron chi connectivity index (χ0n) is 12.1. The fraction of sp³-hybridized carbons (Fsp3) is 0.125. The van der Waals surface area contributed by atoms with E-state index in [1.54, 1.807) is 35.2 Å². The van der Waals surface area contributed by atoms with E-state index in [9.17, 15) is 9.59 Å². The van der Waals surface area contributed by atoms with E-state index >= 15 is 0 Å². The lowest BCUT2D eigenvalue weighted by molar-refractivity contribution is 0.689. The van der Waals surface area contributed by atoms with Crippen LogP contribution in [0.3, 0.4) is 0 Å². The topological polar surface area (TPSA) is 69.8 Å². The van der Waals surface area contributed by atoms with E-state index in [0.29, 0.717) is 23.1 Å². The molecule has 0 N–H and O–H groups in total. The van der Waals surface area contributed by atoms with Crippen molar-refractivity contribution in [2.75, 3.05) is 0 Å². The van der Waals surface area contributed by atoms with E-state index in [-0.39, 0.29) is 12.1 Å². The van der Waals surface area contributed by atoms with E-state index in [2.05, 4.69) is 16.5 Å². The van der Waals surface area contributed by atoms with Gasteiger partial charge in [0.1, 0.15) is 5.15 Å². The highest BCUT2D eigenvalue weighted by Gasteiger charge is 2.16. The summed E-state index contributed by atoms with van der Waals surface area (Å²) in [6.07, 6.45) is 4.90. The van der Waals surface area contributed by atoms with Gasteiger partial charge in [-0.3, -0.25) is 9.36 Å². The molecule has 0 radical (unpaired) electrons. The van der Waals surface area contributed by atoms with Gasteiger partial charge in [-0.1, -0.05) is 23.7 Å². The van der Waals surface area contributed by atoms with E-state index in [1.807, 2.05) is 6.07 Å². The molecule has 0 saturated carbocycles. The number of hydrogen-bond acceptors (Lipinski definition) is 4. The van der Waals surface area contributed by atoms with Crippen molar-refractivity contribution in [2.24, 2.45) is 0 Å². The summed E-state index contributed by atoms with van der Waals surface area (Å²) < 4.78 is 2.80. The smallest absolute Gasteiger partial charge is 0.328 e. The molecular weight excluding hydrogens is 316 g/mol. The van der Waals surface area contributed by atoms with Crippen LogP contribution in [-0.4, -0.2) is 19.1 Å². The van der Waals surface area contributed by atoms with Gasteiger partial charge in [-0.2, -0.15) is 4.98 Å². The molecule has 0 atom stereocenters. The van der Waals surface area contributed by atoms with Crippen LogP contribution in [0.15, 0.2) is 58.9 Å². The van der Waals surface area contributed by atoms with E-state index < -0.39 is 5.69 Å². The minimum absolute atomic E-state index is 0.136. The van der Waals surface area contributed by atoms with Gasteiger partial charge in [-0.25, -0.2) is 9.78 Å². The Labute approximate surface area is 136 Å². The van der Waals surface area contributed by atoms with Gasteiger partial charge in [-0.15, -0.1) is 6.58 Å². The zero-order chi connectivity index (χ0) is 16.4. The quantitative estimate of drug-likeness (QED) is 0.541. The molecule has 1 aromatic heterocycles. The average Bonchev–Trinajstić information content (AvgIpc) is 2.54. The highest BCUT2D eigenvalue weighted by atomic mass is 35.5. The largest absolute Gasteiger partial charge is 0.352 e. The van der Waals surface area contributed by atoms with Gasteiger partial charge in [0.15, 0.2) is 5.82 Å². The predicted octanol–water partition coefficient (Wildman–Crippen LogP) is 1.79. The predicted molar refractivity (Wildman–Crippen MR) is 87.9 cm³/mol.